The summed E-state index contributed by atoms with van der Waals surface area (Å²) < 4.78 is 6.97. The maximum Gasteiger partial charge on any atom is 0.165 e. The Labute approximate surface area is 279 Å². The smallest absolute Gasteiger partial charge is 0.165 e. The van der Waals surface area contributed by atoms with Gasteiger partial charge in [-0.1, -0.05) is 127 Å². The lowest BCUT2D eigenvalue weighted by Crippen LogP contribution is -2.40. The van der Waals surface area contributed by atoms with Crippen molar-refractivity contribution in [1.82, 2.24) is 14.6 Å². The van der Waals surface area contributed by atoms with Gasteiger partial charge in [0.15, 0.2) is 5.82 Å². The third-order valence-electron chi connectivity index (χ3n) is 9.96. The maximum absolute atomic E-state index is 5.30. The van der Waals surface area contributed by atoms with Crippen LogP contribution in [0.2, 0.25) is 0 Å². The molecule has 224 valence electrons. The predicted molar refractivity (Wildman–Crippen MR) is 198 cm³/mol. The fraction of sp³-hybridized carbons (Fsp3) is 0.0233. The van der Waals surface area contributed by atoms with Crippen molar-refractivity contribution in [3.05, 3.63) is 151 Å². The first-order valence-corrected chi connectivity index (χ1v) is 17.1. The number of benzene rings is 7. The minimum absolute atomic E-state index is 0.631. The van der Waals surface area contributed by atoms with E-state index in [0.717, 1.165) is 22.4 Å². The summed E-state index contributed by atoms with van der Waals surface area (Å²) in [5.74, 6) is 1.53. The van der Waals surface area contributed by atoms with Crippen LogP contribution in [0, 0.1) is 0 Å². The van der Waals surface area contributed by atoms with Crippen molar-refractivity contribution >= 4 is 64.1 Å². The third-order valence-corrected chi connectivity index (χ3v) is 11.1. The monoisotopic (exact) mass is 630 g/mol. The van der Waals surface area contributed by atoms with Crippen LogP contribution >= 0.6 is 11.3 Å². The second kappa shape index (κ2) is 9.74. The fourth-order valence-electron chi connectivity index (χ4n) is 7.90. The second-order valence-corrected chi connectivity index (χ2v) is 13.7. The highest BCUT2D eigenvalue weighted by Crippen LogP contribution is 2.51. The number of hydrogen-bond donors (Lipinski definition) is 0. The van der Waals surface area contributed by atoms with Crippen LogP contribution in [0.3, 0.4) is 0 Å². The molecule has 5 heteroatoms. The van der Waals surface area contributed by atoms with Gasteiger partial charge in [0.25, 0.3) is 0 Å². The van der Waals surface area contributed by atoms with Gasteiger partial charge in [-0.2, -0.15) is 0 Å². The lowest BCUT2D eigenvalue weighted by atomic mass is 9.92. The van der Waals surface area contributed by atoms with Gasteiger partial charge in [-0.15, -0.1) is 11.3 Å². The Morgan fingerprint density at radius 1 is 0.562 bits per heavy atom. The zero-order chi connectivity index (χ0) is 31.3. The molecule has 1 aliphatic carbocycles. The summed E-state index contributed by atoms with van der Waals surface area (Å²) in [7, 11) is 0. The van der Waals surface area contributed by atoms with E-state index >= 15 is 0 Å². The molecule has 0 amide bonds. The van der Waals surface area contributed by atoms with Crippen LogP contribution in [0.4, 0.5) is 0 Å². The minimum Gasteiger partial charge on any atom is -0.364 e. The Hall–Kier alpha value is -6.04. The number of thiophene rings is 1. The van der Waals surface area contributed by atoms with Crippen LogP contribution in [0.1, 0.15) is 5.56 Å². The molecule has 4 nitrogen and oxygen atoms in total. The molecule has 7 aromatic carbocycles. The van der Waals surface area contributed by atoms with Crippen molar-refractivity contribution in [2.75, 3.05) is 0 Å². The number of aromatic nitrogens is 4. The lowest BCUT2D eigenvalue weighted by Gasteiger charge is -2.15. The molecule has 1 aliphatic rings. The van der Waals surface area contributed by atoms with Crippen LogP contribution in [0.15, 0.2) is 146 Å². The Balaban J connectivity index is 1.24. The number of nitrogens with zero attached hydrogens (tertiary/aromatic N) is 4. The molecule has 0 radical (unpaired) electrons. The van der Waals surface area contributed by atoms with E-state index in [4.69, 9.17) is 10.1 Å². The van der Waals surface area contributed by atoms with E-state index in [1.807, 2.05) is 22.1 Å². The first-order valence-electron chi connectivity index (χ1n) is 16.3. The van der Waals surface area contributed by atoms with Gasteiger partial charge < -0.3 is 9.55 Å². The van der Waals surface area contributed by atoms with Crippen molar-refractivity contribution in [3.63, 3.8) is 0 Å². The summed E-state index contributed by atoms with van der Waals surface area (Å²) in [5, 5.41) is 12.9. The lowest BCUT2D eigenvalue weighted by molar-refractivity contribution is -0.737. The van der Waals surface area contributed by atoms with E-state index < -0.39 is 0 Å². The molecular formula is C43H26N4S. The quantitative estimate of drug-likeness (QED) is 0.181. The Morgan fingerprint density at radius 2 is 1.29 bits per heavy atom. The Morgan fingerprint density at radius 3 is 2.17 bits per heavy atom. The summed E-state index contributed by atoms with van der Waals surface area (Å²) in [6, 6.07) is 52.5. The van der Waals surface area contributed by atoms with Gasteiger partial charge in [0, 0.05) is 36.5 Å². The van der Waals surface area contributed by atoms with Crippen molar-refractivity contribution < 1.29 is 4.68 Å². The largest absolute Gasteiger partial charge is 0.364 e. The predicted octanol–water partition coefficient (Wildman–Crippen LogP) is 10.3. The molecule has 3 aromatic heterocycles. The van der Waals surface area contributed by atoms with Crippen molar-refractivity contribution in [1.29, 1.82) is 0 Å². The average Bonchev–Trinajstić information content (AvgIpc) is 3.80. The maximum atomic E-state index is 5.30. The van der Waals surface area contributed by atoms with E-state index in [-0.39, 0.29) is 0 Å². The zero-order valence-electron chi connectivity index (χ0n) is 25.8. The SMILES string of the molecule is c1ccc(C[n+]2[n-]c(-n3c4cccc5c4c4c6c(cccc6ccc43)-c3cc4c(cc3-5)sc3ccccc34)nc2-c2ccccc2)cc1. The number of fused-ring (bicyclic) bond motifs is 6. The first-order chi connectivity index (χ1) is 23.8. The summed E-state index contributed by atoms with van der Waals surface area (Å²) in [6.07, 6.45) is 0. The van der Waals surface area contributed by atoms with Gasteiger partial charge in [0.2, 0.25) is 0 Å². The van der Waals surface area contributed by atoms with E-state index in [1.54, 1.807) is 0 Å². The van der Waals surface area contributed by atoms with E-state index in [9.17, 15) is 0 Å². The summed E-state index contributed by atoms with van der Waals surface area (Å²) in [5.41, 5.74) is 9.55. The highest BCUT2D eigenvalue weighted by atomic mass is 32.1. The first kappa shape index (κ1) is 26.1. The number of rotatable bonds is 4. The molecule has 0 fully saturated rings. The molecule has 0 bridgehead atoms. The van der Waals surface area contributed by atoms with E-state index in [0.29, 0.717) is 12.5 Å². The second-order valence-electron chi connectivity index (χ2n) is 12.6. The van der Waals surface area contributed by atoms with Crippen LogP contribution in [0.25, 0.3) is 92.3 Å². The van der Waals surface area contributed by atoms with Gasteiger partial charge in [-0.25, -0.2) is 9.78 Å². The number of hydrogen-bond acceptors (Lipinski definition) is 2. The normalized spacial score (nSPS) is 12.2. The highest BCUT2D eigenvalue weighted by molar-refractivity contribution is 7.25. The van der Waals surface area contributed by atoms with Crippen molar-refractivity contribution in [2.45, 2.75) is 6.54 Å². The molecule has 0 spiro atoms. The molecule has 0 saturated carbocycles. The van der Waals surface area contributed by atoms with E-state index in [1.165, 1.54) is 69.5 Å². The summed E-state index contributed by atoms with van der Waals surface area (Å²) >= 11 is 1.88. The molecule has 0 N–H and O–H groups in total. The molecular weight excluding hydrogens is 605 g/mol. The molecule has 0 unspecified atom stereocenters. The Kier molecular flexibility index (Phi) is 5.29. The van der Waals surface area contributed by atoms with Crippen LogP contribution in [-0.4, -0.2) is 9.55 Å². The van der Waals surface area contributed by atoms with Gasteiger partial charge in [-0.05, 0) is 67.8 Å². The van der Waals surface area contributed by atoms with Gasteiger partial charge >= 0.3 is 0 Å². The molecule has 0 saturated heterocycles. The van der Waals surface area contributed by atoms with Gasteiger partial charge in [0.1, 0.15) is 6.54 Å². The van der Waals surface area contributed by atoms with Gasteiger partial charge in [-0.3, -0.25) is 0 Å². The van der Waals surface area contributed by atoms with Crippen molar-refractivity contribution in [3.8, 4) is 39.6 Å². The summed E-state index contributed by atoms with van der Waals surface area (Å²) in [4.78, 5) is 5.30. The topological polar surface area (TPSA) is 35.8 Å². The molecule has 3 heterocycles. The highest BCUT2D eigenvalue weighted by Gasteiger charge is 2.25. The molecule has 48 heavy (non-hydrogen) atoms. The minimum atomic E-state index is 0.631. The Bertz CT molecular complexity index is 2910. The molecule has 10 aromatic rings. The average molecular weight is 631 g/mol. The van der Waals surface area contributed by atoms with Crippen molar-refractivity contribution in [2.24, 2.45) is 0 Å². The molecule has 11 rings (SSSR count). The molecule has 0 aliphatic heterocycles. The van der Waals surface area contributed by atoms with Gasteiger partial charge in [0.05, 0.1) is 5.95 Å². The standard InChI is InChI=1S/C43H26N4S/c1-3-11-26(12-4-1)25-46-42(28-13-5-2-6-14-28)44-43(45-46)47-35-19-10-18-31-33-24-38-34(29-16-7-8-20-37(29)48-38)23-32(33)30-17-9-15-27-21-22-36(47)41(39(27)30)40(31)35/h1-24H,25H2. The van der Waals surface area contributed by atoms with Crippen LogP contribution < -0.4 is 9.78 Å². The summed E-state index contributed by atoms with van der Waals surface area (Å²) in [6.45, 7) is 0.631. The third kappa shape index (κ3) is 3.59. The zero-order valence-corrected chi connectivity index (χ0v) is 26.6. The van der Waals surface area contributed by atoms with Crippen LogP contribution in [0.5, 0.6) is 0 Å². The van der Waals surface area contributed by atoms with Crippen LogP contribution in [-0.2, 0) is 6.54 Å². The fourth-order valence-corrected chi connectivity index (χ4v) is 9.03. The van der Waals surface area contributed by atoms with E-state index in [2.05, 4.69) is 144 Å². The molecule has 0 atom stereocenters.